The van der Waals surface area contributed by atoms with Crippen molar-refractivity contribution >= 4 is 33.5 Å². The summed E-state index contributed by atoms with van der Waals surface area (Å²) in [6, 6.07) is 5.00. The Bertz CT molecular complexity index is 505. The van der Waals surface area contributed by atoms with E-state index in [9.17, 15) is 14.7 Å². The quantitative estimate of drug-likeness (QED) is 0.747. The van der Waals surface area contributed by atoms with Crippen LogP contribution < -0.4 is 11.1 Å². The van der Waals surface area contributed by atoms with Crippen LogP contribution >= 0.6 is 15.9 Å². The second kappa shape index (κ2) is 6.06. The highest BCUT2D eigenvalue weighted by Crippen LogP contribution is 2.25. The summed E-state index contributed by atoms with van der Waals surface area (Å²) < 4.78 is 0.582. The summed E-state index contributed by atoms with van der Waals surface area (Å²) in [5.41, 5.74) is 5.50. The van der Waals surface area contributed by atoms with E-state index in [1.54, 1.807) is 25.1 Å². The Hall–Kier alpha value is -1.56. The number of amides is 1. The van der Waals surface area contributed by atoms with Crippen LogP contribution in [0.5, 0.6) is 0 Å². The van der Waals surface area contributed by atoms with Gasteiger partial charge in [0, 0.05) is 16.7 Å². The molecule has 0 aliphatic heterocycles. The zero-order chi connectivity index (χ0) is 14.6. The molecule has 0 fully saturated rings. The van der Waals surface area contributed by atoms with Crippen molar-refractivity contribution < 1.29 is 14.7 Å². The highest BCUT2D eigenvalue weighted by molar-refractivity contribution is 9.10. The largest absolute Gasteiger partial charge is 0.481 e. The van der Waals surface area contributed by atoms with Crippen molar-refractivity contribution in [3.05, 3.63) is 28.2 Å². The lowest BCUT2D eigenvalue weighted by atomic mass is 9.87. The molecule has 19 heavy (non-hydrogen) atoms. The highest BCUT2D eigenvalue weighted by Gasteiger charge is 2.30. The standard InChI is InChI=1S/C13H17BrN2O3/c1-3-13(2,12(18)19)7-16-8-4-5-9(11(15)17)10(14)6-8/h4-6,16H,3,7H2,1-2H3,(H2,15,17)(H,18,19). The summed E-state index contributed by atoms with van der Waals surface area (Å²) in [6.07, 6.45) is 0.524. The molecule has 1 unspecified atom stereocenters. The number of primary amides is 1. The van der Waals surface area contributed by atoms with Crippen LogP contribution in [-0.2, 0) is 4.79 Å². The van der Waals surface area contributed by atoms with Crippen molar-refractivity contribution in [2.75, 3.05) is 11.9 Å². The van der Waals surface area contributed by atoms with E-state index in [4.69, 9.17) is 5.73 Å². The third kappa shape index (κ3) is 3.70. The average Bonchev–Trinajstić information content (AvgIpc) is 2.35. The number of rotatable bonds is 6. The maximum absolute atomic E-state index is 11.2. The van der Waals surface area contributed by atoms with Gasteiger partial charge in [0.1, 0.15) is 0 Å². The Morgan fingerprint density at radius 1 is 1.47 bits per heavy atom. The Morgan fingerprint density at radius 3 is 2.53 bits per heavy atom. The molecule has 0 aliphatic carbocycles. The third-order valence-electron chi connectivity index (χ3n) is 3.21. The van der Waals surface area contributed by atoms with Crippen LogP contribution in [0.15, 0.2) is 22.7 Å². The molecule has 104 valence electrons. The first-order chi connectivity index (χ1) is 8.80. The minimum absolute atomic E-state index is 0.307. The van der Waals surface area contributed by atoms with E-state index in [-0.39, 0.29) is 0 Å². The van der Waals surface area contributed by atoms with Crippen LogP contribution in [0.4, 0.5) is 5.69 Å². The number of benzene rings is 1. The lowest BCUT2D eigenvalue weighted by molar-refractivity contribution is -0.147. The first-order valence-electron chi connectivity index (χ1n) is 5.87. The monoisotopic (exact) mass is 328 g/mol. The maximum Gasteiger partial charge on any atom is 0.311 e. The lowest BCUT2D eigenvalue weighted by Gasteiger charge is -2.24. The molecule has 1 aromatic carbocycles. The second-order valence-corrected chi connectivity index (χ2v) is 5.49. The number of carboxylic acids is 1. The van der Waals surface area contributed by atoms with E-state index < -0.39 is 17.3 Å². The normalized spacial score (nSPS) is 13.6. The van der Waals surface area contributed by atoms with Crippen molar-refractivity contribution in [3.63, 3.8) is 0 Å². The molecule has 0 saturated heterocycles. The van der Waals surface area contributed by atoms with E-state index in [0.29, 0.717) is 23.0 Å². The molecule has 1 rings (SSSR count). The van der Waals surface area contributed by atoms with E-state index >= 15 is 0 Å². The Balaban J connectivity index is 2.82. The van der Waals surface area contributed by atoms with Gasteiger partial charge in [-0.2, -0.15) is 0 Å². The first-order valence-corrected chi connectivity index (χ1v) is 6.66. The molecule has 0 aliphatic rings. The zero-order valence-corrected chi connectivity index (χ0v) is 12.5. The summed E-state index contributed by atoms with van der Waals surface area (Å²) >= 11 is 3.26. The average molecular weight is 329 g/mol. The summed E-state index contributed by atoms with van der Waals surface area (Å²) in [7, 11) is 0. The van der Waals surface area contributed by atoms with E-state index in [1.165, 1.54) is 0 Å². The number of carboxylic acid groups (broad SMARTS) is 1. The minimum atomic E-state index is -0.838. The number of carbonyl (C=O) groups excluding carboxylic acids is 1. The van der Waals surface area contributed by atoms with Gasteiger partial charge in [0.05, 0.1) is 11.0 Å². The molecule has 1 atom stereocenters. The van der Waals surface area contributed by atoms with Crippen molar-refractivity contribution in [3.8, 4) is 0 Å². The molecule has 0 bridgehead atoms. The predicted molar refractivity (Wildman–Crippen MR) is 77.2 cm³/mol. The topological polar surface area (TPSA) is 92.4 Å². The number of nitrogens with two attached hydrogens (primary N) is 1. The number of hydrogen-bond acceptors (Lipinski definition) is 3. The lowest BCUT2D eigenvalue weighted by Crippen LogP contribution is -2.34. The fourth-order valence-electron chi connectivity index (χ4n) is 1.47. The van der Waals surface area contributed by atoms with Crippen LogP contribution in [-0.4, -0.2) is 23.5 Å². The predicted octanol–water partition coefficient (Wildman–Crippen LogP) is 2.46. The summed E-state index contributed by atoms with van der Waals surface area (Å²) in [6.45, 7) is 3.83. The Morgan fingerprint density at radius 2 is 2.11 bits per heavy atom. The van der Waals surface area contributed by atoms with E-state index in [2.05, 4.69) is 21.2 Å². The molecule has 0 heterocycles. The molecular weight excluding hydrogens is 312 g/mol. The Labute approximate surface area is 120 Å². The molecule has 4 N–H and O–H groups in total. The number of carbonyl (C=O) groups is 2. The molecule has 0 aromatic heterocycles. The van der Waals surface area contributed by atoms with Crippen LogP contribution in [0.2, 0.25) is 0 Å². The van der Waals surface area contributed by atoms with Gasteiger partial charge in [0.2, 0.25) is 5.91 Å². The van der Waals surface area contributed by atoms with Crippen molar-refractivity contribution in [1.82, 2.24) is 0 Å². The third-order valence-corrected chi connectivity index (χ3v) is 3.87. The van der Waals surface area contributed by atoms with Crippen LogP contribution in [0.3, 0.4) is 0 Å². The number of aliphatic carboxylic acids is 1. The van der Waals surface area contributed by atoms with Crippen molar-refractivity contribution in [1.29, 1.82) is 0 Å². The summed E-state index contributed by atoms with van der Waals surface area (Å²) in [4.78, 5) is 22.3. The number of nitrogens with one attached hydrogen (secondary N) is 1. The van der Waals surface area contributed by atoms with E-state index in [1.807, 2.05) is 6.92 Å². The fraction of sp³-hybridized carbons (Fsp3) is 0.385. The van der Waals surface area contributed by atoms with Gasteiger partial charge >= 0.3 is 5.97 Å². The van der Waals surface area contributed by atoms with Gasteiger partial charge in [0.25, 0.3) is 0 Å². The van der Waals surface area contributed by atoms with Crippen molar-refractivity contribution in [2.24, 2.45) is 11.1 Å². The van der Waals surface area contributed by atoms with Crippen LogP contribution in [0, 0.1) is 5.41 Å². The molecule has 5 nitrogen and oxygen atoms in total. The minimum Gasteiger partial charge on any atom is -0.481 e. The molecule has 6 heteroatoms. The summed E-state index contributed by atoms with van der Waals surface area (Å²) in [5, 5.41) is 12.2. The van der Waals surface area contributed by atoms with Crippen LogP contribution in [0.25, 0.3) is 0 Å². The maximum atomic E-state index is 11.2. The van der Waals surface area contributed by atoms with Gasteiger partial charge in [-0.25, -0.2) is 0 Å². The van der Waals surface area contributed by atoms with Gasteiger partial charge in [-0.15, -0.1) is 0 Å². The smallest absolute Gasteiger partial charge is 0.311 e. The molecule has 1 aromatic rings. The SMILES string of the molecule is CCC(C)(CNc1ccc(C(N)=O)c(Br)c1)C(=O)O. The van der Waals surface area contributed by atoms with Crippen LogP contribution in [0.1, 0.15) is 30.6 Å². The number of halogens is 1. The number of hydrogen-bond donors (Lipinski definition) is 3. The fourth-order valence-corrected chi connectivity index (χ4v) is 2.05. The van der Waals surface area contributed by atoms with Gasteiger partial charge in [0.15, 0.2) is 0 Å². The highest BCUT2D eigenvalue weighted by atomic mass is 79.9. The van der Waals surface area contributed by atoms with Gasteiger partial charge in [-0.05, 0) is 47.5 Å². The van der Waals surface area contributed by atoms with Gasteiger partial charge in [-0.3, -0.25) is 9.59 Å². The van der Waals surface area contributed by atoms with E-state index in [0.717, 1.165) is 5.69 Å². The molecule has 0 radical (unpaired) electrons. The molecule has 1 amide bonds. The second-order valence-electron chi connectivity index (χ2n) is 4.63. The first kappa shape index (κ1) is 15.5. The van der Waals surface area contributed by atoms with Gasteiger partial charge in [-0.1, -0.05) is 6.92 Å². The Kier molecular flexibility index (Phi) is 4.94. The number of anilines is 1. The molecular formula is C13H17BrN2O3. The molecule has 0 saturated carbocycles. The summed E-state index contributed by atoms with van der Waals surface area (Å²) in [5.74, 6) is -1.35. The zero-order valence-electron chi connectivity index (χ0n) is 10.9. The molecule has 0 spiro atoms. The van der Waals surface area contributed by atoms with Gasteiger partial charge < -0.3 is 16.2 Å². The van der Waals surface area contributed by atoms with Crippen molar-refractivity contribution in [2.45, 2.75) is 20.3 Å².